The van der Waals surface area contributed by atoms with E-state index in [1.807, 2.05) is 19.1 Å². The zero-order valence-electron chi connectivity index (χ0n) is 18.6. The first-order valence-corrected chi connectivity index (χ1v) is 11.1. The lowest BCUT2D eigenvalue weighted by Crippen LogP contribution is -2.52. The third-order valence-corrected chi connectivity index (χ3v) is 5.10. The number of aryl methyl sites for hydroxylation is 1. The van der Waals surface area contributed by atoms with Crippen molar-refractivity contribution >= 4 is 5.96 Å². The van der Waals surface area contributed by atoms with Crippen molar-refractivity contribution in [3.8, 4) is 5.75 Å². The molecule has 3 rings (SSSR count). The van der Waals surface area contributed by atoms with Gasteiger partial charge in [0.25, 0.3) is 0 Å². The fraction of sp³-hybridized carbons (Fsp3) is 0.565. The number of nitrogens with one attached hydrogen (secondary N) is 1. The fourth-order valence-corrected chi connectivity index (χ4v) is 3.57. The van der Waals surface area contributed by atoms with Crippen molar-refractivity contribution in [2.45, 2.75) is 40.2 Å². The first kappa shape index (κ1) is 22.2. The van der Waals surface area contributed by atoms with Crippen molar-refractivity contribution in [3.63, 3.8) is 0 Å². The Balaban J connectivity index is 1.49. The molecule has 1 aromatic heterocycles. The Morgan fingerprint density at radius 2 is 2.03 bits per heavy atom. The molecular formula is C23H35N5O2. The smallest absolute Gasteiger partial charge is 0.194 e. The lowest BCUT2D eigenvalue weighted by molar-refractivity contribution is 0.169. The lowest BCUT2D eigenvalue weighted by atomic mass is 10.1. The Labute approximate surface area is 180 Å². The minimum Gasteiger partial charge on any atom is -0.494 e. The maximum Gasteiger partial charge on any atom is 0.194 e. The van der Waals surface area contributed by atoms with Crippen LogP contribution in [0.3, 0.4) is 0 Å². The standard InChI is InChI=1S/C23H35N5O2/c1-4-15-29-22-8-6-7-20(17-22)9-10-25-23(24-5-2)28-13-11-27(12-14-28)18-21-16-19(3)30-26-21/h6-8,16-17H,4-5,9-15,18H2,1-3H3,(H,24,25). The van der Waals surface area contributed by atoms with Gasteiger partial charge in [0.2, 0.25) is 0 Å². The van der Waals surface area contributed by atoms with E-state index >= 15 is 0 Å². The van der Waals surface area contributed by atoms with Gasteiger partial charge in [-0.3, -0.25) is 9.89 Å². The van der Waals surface area contributed by atoms with Crippen LogP contribution in [-0.4, -0.2) is 66.8 Å². The highest BCUT2D eigenvalue weighted by atomic mass is 16.5. The molecule has 0 bridgehead atoms. The van der Waals surface area contributed by atoms with Crippen LogP contribution in [0.4, 0.5) is 0 Å². The molecule has 1 saturated heterocycles. The summed E-state index contributed by atoms with van der Waals surface area (Å²) in [5.74, 6) is 2.82. The summed E-state index contributed by atoms with van der Waals surface area (Å²) in [5, 5.41) is 7.56. The highest BCUT2D eigenvalue weighted by Gasteiger charge is 2.20. The van der Waals surface area contributed by atoms with Gasteiger partial charge < -0.3 is 19.5 Å². The number of nitrogens with zero attached hydrogens (tertiary/aromatic N) is 4. The van der Waals surface area contributed by atoms with Gasteiger partial charge in [-0.1, -0.05) is 24.2 Å². The lowest BCUT2D eigenvalue weighted by Gasteiger charge is -2.36. The van der Waals surface area contributed by atoms with Gasteiger partial charge in [-0.2, -0.15) is 0 Å². The van der Waals surface area contributed by atoms with E-state index in [-0.39, 0.29) is 0 Å². The van der Waals surface area contributed by atoms with Crippen LogP contribution in [0.1, 0.15) is 37.3 Å². The van der Waals surface area contributed by atoms with Crippen LogP contribution in [0.15, 0.2) is 39.8 Å². The van der Waals surface area contributed by atoms with Crippen molar-refractivity contribution in [2.24, 2.45) is 4.99 Å². The van der Waals surface area contributed by atoms with Gasteiger partial charge >= 0.3 is 0 Å². The van der Waals surface area contributed by atoms with Gasteiger partial charge in [0.15, 0.2) is 5.96 Å². The third kappa shape index (κ3) is 6.76. The maximum atomic E-state index is 5.74. The first-order valence-electron chi connectivity index (χ1n) is 11.1. The van der Waals surface area contributed by atoms with E-state index in [2.05, 4.69) is 52.3 Å². The van der Waals surface area contributed by atoms with Crippen LogP contribution in [-0.2, 0) is 13.0 Å². The Bertz CT molecular complexity index is 796. The Hall–Kier alpha value is -2.54. The first-order chi connectivity index (χ1) is 14.7. The molecule has 1 N–H and O–H groups in total. The van der Waals surface area contributed by atoms with E-state index in [9.17, 15) is 0 Å². The zero-order valence-corrected chi connectivity index (χ0v) is 18.6. The van der Waals surface area contributed by atoms with Crippen LogP contribution in [0.25, 0.3) is 0 Å². The summed E-state index contributed by atoms with van der Waals surface area (Å²) < 4.78 is 10.9. The normalized spacial score (nSPS) is 15.4. The summed E-state index contributed by atoms with van der Waals surface area (Å²) in [6.45, 7) is 13.3. The topological polar surface area (TPSA) is 66.1 Å². The van der Waals surface area contributed by atoms with E-state index in [1.165, 1.54) is 5.56 Å². The summed E-state index contributed by atoms with van der Waals surface area (Å²) in [5.41, 5.74) is 2.27. The van der Waals surface area contributed by atoms with Gasteiger partial charge in [0, 0.05) is 51.9 Å². The predicted octanol–water partition coefficient (Wildman–Crippen LogP) is 3.10. The van der Waals surface area contributed by atoms with E-state index in [0.717, 1.165) is 88.4 Å². The highest BCUT2D eigenvalue weighted by molar-refractivity contribution is 5.80. The summed E-state index contributed by atoms with van der Waals surface area (Å²) in [6, 6.07) is 10.4. The fourth-order valence-electron chi connectivity index (χ4n) is 3.57. The Kier molecular flexibility index (Phi) is 8.56. The summed E-state index contributed by atoms with van der Waals surface area (Å²) in [6.07, 6.45) is 1.93. The average molecular weight is 414 g/mol. The number of ether oxygens (including phenoxy) is 1. The quantitative estimate of drug-likeness (QED) is 0.503. The van der Waals surface area contributed by atoms with Crippen molar-refractivity contribution < 1.29 is 9.26 Å². The molecule has 0 aliphatic carbocycles. The molecular weight excluding hydrogens is 378 g/mol. The molecule has 0 radical (unpaired) electrons. The molecule has 1 fully saturated rings. The molecule has 164 valence electrons. The third-order valence-electron chi connectivity index (χ3n) is 5.10. The molecule has 0 saturated carbocycles. The Morgan fingerprint density at radius 1 is 1.20 bits per heavy atom. The minimum atomic E-state index is 0.758. The monoisotopic (exact) mass is 413 g/mol. The second-order valence-electron chi connectivity index (χ2n) is 7.67. The molecule has 0 amide bonds. The SMILES string of the molecule is CCCOc1cccc(CCN=C(NCC)N2CCN(Cc3cc(C)on3)CC2)c1. The van der Waals surface area contributed by atoms with Crippen LogP contribution in [0, 0.1) is 6.92 Å². The number of hydrogen-bond acceptors (Lipinski definition) is 5. The van der Waals surface area contributed by atoms with Crippen LogP contribution < -0.4 is 10.1 Å². The number of hydrogen-bond donors (Lipinski definition) is 1. The maximum absolute atomic E-state index is 5.74. The van der Waals surface area contributed by atoms with Crippen LogP contribution in [0.5, 0.6) is 5.75 Å². The van der Waals surface area contributed by atoms with Gasteiger partial charge in [0.05, 0.1) is 12.3 Å². The molecule has 7 nitrogen and oxygen atoms in total. The number of guanidine groups is 1. The van der Waals surface area contributed by atoms with Gasteiger partial charge in [-0.15, -0.1) is 0 Å². The van der Waals surface area contributed by atoms with Crippen LogP contribution in [0.2, 0.25) is 0 Å². The van der Waals surface area contributed by atoms with Gasteiger partial charge in [0.1, 0.15) is 11.5 Å². The largest absolute Gasteiger partial charge is 0.494 e. The second kappa shape index (κ2) is 11.6. The van der Waals surface area contributed by atoms with E-state index in [0.29, 0.717) is 0 Å². The van der Waals surface area contributed by atoms with Crippen molar-refractivity contribution in [2.75, 3.05) is 45.9 Å². The molecule has 7 heteroatoms. The molecule has 1 aromatic carbocycles. The van der Waals surface area contributed by atoms with Crippen LogP contribution >= 0.6 is 0 Å². The van der Waals surface area contributed by atoms with E-state index < -0.39 is 0 Å². The summed E-state index contributed by atoms with van der Waals surface area (Å²) in [7, 11) is 0. The molecule has 0 atom stereocenters. The number of aliphatic imine (C=N–C) groups is 1. The zero-order chi connectivity index (χ0) is 21.2. The molecule has 0 unspecified atom stereocenters. The van der Waals surface area contributed by atoms with Crippen molar-refractivity contribution in [1.82, 2.24) is 20.3 Å². The number of piperazine rings is 1. The molecule has 0 spiro atoms. The molecule has 2 aromatic rings. The number of rotatable bonds is 9. The second-order valence-corrected chi connectivity index (χ2v) is 7.67. The summed E-state index contributed by atoms with van der Waals surface area (Å²) in [4.78, 5) is 9.65. The number of aromatic nitrogens is 1. The molecule has 1 aliphatic heterocycles. The predicted molar refractivity (Wildman–Crippen MR) is 120 cm³/mol. The number of benzene rings is 1. The van der Waals surface area contributed by atoms with E-state index in [4.69, 9.17) is 14.3 Å². The van der Waals surface area contributed by atoms with E-state index in [1.54, 1.807) is 0 Å². The Morgan fingerprint density at radius 3 is 2.73 bits per heavy atom. The van der Waals surface area contributed by atoms with Crippen molar-refractivity contribution in [1.29, 1.82) is 0 Å². The minimum absolute atomic E-state index is 0.758. The molecule has 2 heterocycles. The van der Waals surface area contributed by atoms with Crippen molar-refractivity contribution in [3.05, 3.63) is 47.3 Å². The average Bonchev–Trinajstić information content (AvgIpc) is 3.17. The van der Waals surface area contributed by atoms with Gasteiger partial charge in [-0.05, 0) is 44.4 Å². The van der Waals surface area contributed by atoms with Gasteiger partial charge in [-0.25, -0.2) is 0 Å². The molecule has 1 aliphatic rings. The molecule has 30 heavy (non-hydrogen) atoms. The summed E-state index contributed by atoms with van der Waals surface area (Å²) >= 11 is 0. The highest BCUT2D eigenvalue weighted by Crippen LogP contribution is 2.14.